The van der Waals surface area contributed by atoms with E-state index in [9.17, 15) is 9.59 Å². The van der Waals surface area contributed by atoms with Gasteiger partial charge in [0.1, 0.15) is 11.2 Å². The first-order valence-corrected chi connectivity index (χ1v) is 7.36. The topological polar surface area (TPSA) is 34.1 Å². The molecule has 86 valence electrons. The normalized spacial score (nSPS) is 29.6. The van der Waals surface area contributed by atoms with Gasteiger partial charge in [0.05, 0.1) is 0 Å². The number of carbonyl (C=O) groups is 2. The van der Waals surface area contributed by atoms with Crippen molar-refractivity contribution in [1.82, 2.24) is 0 Å². The molecular formula is C12H14O2S2. The molecule has 1 aromatic rings. The minimum Gasteiger partial charge on any atom is -0.299 e. The summed E-state index contributed by atoms with van der Waals surface area (Å²) in [6, 6.07) is 4.01. The molecule has 0 aromatic carbocycles. The number of rotatable bonds is 2. The lowest BCUT2D eigenvalue weighted by atomic mass is 9.79. The quantitative estimate of drug-likeness (QED) is 0.761. The molecule has 2 atom stereocenters. The van der Waals surface area contributed by atoms with Crippen LogP contribution < -0.4 is 0 Å². The third kappa shape index (κ3) is 1.64. The summed E-state index contributed by atoms with van der Waals surface area (Å²) in [4.78, 5) is 25.1. The van der Waals surface area contributed by atoms with E-state index in [1.54, 1.807) is 17.6 Å². The molecule has 0 saturated heterocycles. The standard InChI is InChI=1S/C12H14O2S2/c1-12(11(14)15-2)8(5-6-10(12)13)9-4-3-7-16-9/h3-4,7-8H,5-6H2,1-2H3/t8?,12-/m1/s1. The van der Waals surface area contributed by atoms with Gasteiger partial charge in [0.25, 0.3) is 0 Å². The smallest absolute Gasteiger partial charge is 0.202 e. The minimum absolute atomic E-state index is 0.00778. The lowest BCUT2D eigenvalue weighted by molar-refractivity contribution is -0.133. The molecule has 0 radical (unpaired) electrons. The third-order valence-electron chi connectivity index (χ3n) is 3.43. The third-order valence-corrected chi connectivity index (χ3v) is 5.21. The Morgan fingerprint density at radius 1 is 1.62 bits per heavy atom. The number of carbonyl (C=O) groups excluding carboxylic acids is 2. The predicted octanol–water partition coefficient (Wildman–Crippen LogP) is 3.09. The van der Waals surface area contributed by atoms with Crippen molar-refractivity contribution in [1.29, 1.82) is 0 Å². The maximum absolute atomic E-state index is 12.0. The van der Waals surface area contributed by atoms with Gasteiger partial charge in [0.2, 0.25) is 5.12 Å². The summed E-state index contributed by atoms with van der Waals surface area (Å²) in [6.07, 6.45) is 3.10. The largest absolute Gasteiger partial charge is 0.299 e. The second kappa shape index (κ2) is 4.34. The van der Waals surface area contributed by atoms with Crippen LogP contribution in [0.4, 0.5) is 0 Å². The average molecular weight is 254 g/mol. The van der Waals surface area contributed by atoms with Crippen molar-refractivity contribution in [3.05, 3.63) is 22.4 Å². The highest BCUT2D eigenvalue weighted by Gasteiger charge is 2.52. The highest BCUT2D eigenvalue weighted by atomic mass is 32.2. The zero-order chi connectivity index (χ0) is 11.8. The van der Waals surface area contributed by atoms with E-state index in [0.29, 0.717) is 6.42 Å². The van der Waals surface area contributed by atoms with Gasteiger partial charge >= 0.3 is 0 Å². The molecule has 1 heterocycles. The van der Waals surface area contributed by atoms with E-state index in [2.05, 4.69) is 0 Å². The van der Waals surface area contributed by atoms with E-state index in [1.165, 1.54) is 11.8 Å². The van der Waals surface area contributed by atoms with Gasteiger partial charge in [0, 0.05) is 17.2 Å². The van der Waals surface area contributed by atoms with Crippen LogP contribution >= 0.6 is 23.1 Å². The first-order valence-electron chi connectivity index (χ1n) is 5.25. The predicted molar refractivity (Wildman–Crippen MR) is 67.9 cm³/mol. The SMILES string of the molecule is CSC(=O)[C@@]1(C)C(=O)CCC1c1cccs1. The Morgan fingerprint density at radius 2 is 2.38 bits per heavy atom. The van der Waals surface area contributed by atoms with Crippen molar-refractivity contribution >= 4 is 34.0 Å². The number of Topliss-reactive ketones (excluding diaryl/α,β-unsaturated/α-hetero) is 1. The molecule has 0 spiro atoms. The van der Waals surface area contributed by atoms with Crippen molar-refractivity contribution in [2.45, 2.75) is 25.7 Å². The number of hydrogen-bond acceptors (Lipinski definition) is 4. The maximum atomic E-state index is 12.0. The molecule has 1 unspecified atom stereocenters. The first-order chi connectivity index (χ1) is 7.60. The van der Waals surface area contributed by atoms with Gasteiger partial charge in [-0.05, 0) is 31.0 Å². The van der Waals surface area contributed by atoms with Crippen molar-refractivity contribution in [2.24, 2.45) is 5.41 Å². The minimum atomic E-state index is -0.801. The van der Waals surface area contributed by atoms with Gasteiger partial charge in [-0.15, -0.1) is 11.3 Å². The molecule has 1 aromatic heterocycles. The van der Waals surface area contributed by atoms with Crippen LogP contribution in [0.25, 0.3) is 0 Å². The van der Waals surface area contributed by atoms with Crippen LogP contribution in [-0.4, -0.2) is 17.2 Å². The summed E-state index contributed by atoms with van der Waals surface area (Å²) in [7, 11) is 0. The average Bonchev–Trinajstić information content (AvgIpc) is 2.88. The van der Waals surface area contributed by atoms with E-state index < -0.39 is 5.41 Å². The number of hydrogen-bond donors (Lipinski definition) is 0. The van der Waals surface area contributed by atoms with E-state index in [4.69, 9.17) is 0 Å². The molecule has 1 saturated carbocycles. The maximum Gasteiger partial charge on any atom is 0.202 e. The van der Waals surface area contributed by atoms with Gasteiger partial charge in [-0.2, -0.15) is 0 Å². The van der Waals surface area contributed by atoms with Crippen LogP contribution in [0.3, 0.4) is 0 Å². The Kier molecular flexibility index (Phi) is 3.22. The summed E-state index contributed by atoms with van der Waals surface area (Å²) in [6.45, 7) is 1.81. The molecule has 1 fully saturated rings. The molecule has 2 nitrogen and oxygen atoms in total. The lowest BCUT2D eigenvalue weighted by Gasteiger charge is -2.26. The van der Waals surface area contributed by atoms with Gasteiger partial charge in [-0.3, -0.25) is 9.59 Å². The summed E-state index contributed by atoms with van der Waals surface area (Å²) >= 11 is 2.81. The zero-order valence-corrected chi connectivity index (χ0v) is 11.0. The second-order valence-electron chi connectivity index (χ2n) is 4.22. The van der Waals surface area contributed by atoms with E-state index in [-0.39, 0.29) is 16.8 Å². The summed E-state index contributed by atoms with van der Waals surface area (Å²) < 4.78 is 0. The van der Waals surface area contributed by atoms with Gasteiger partial charge in [0.15, 0.2) is 0 Å². The van der Waals surface area contributed by atoms with Crippen LogP contribution in [0.2, 0.25) is 0 Å². The molecular weight excluding hydrogens is 240 g/mol. The molecule has 0 bridgehead atoms. The first kappa shape index (κ1) is 11.9. The highest BCUT2D eigenvalue weighted by molar-refractivity contribution is 8.13. The van der Waals surface area contributed by atoms with Gasteiger partial charge < -0.3 is 0 Å². The molecule has 16 heavy (non-hydrogen) atoms. The van der Waals surface area contributed by atoms with Crippen LogP contribution in [0.5, 0.6) is 0 Å². The highest BCUT2D eigenvalue weighted by Crippen LogP contribution is 2.50. The van der Waals surface area contributed by atoms with Crippen LogP contribution in [-0.2, 0) is 9.59 Å². The molecule has 0 amide bonds. The van der Waals surface area contributed by atoms with Crippen molar-refractivity contribution < 1.29 is 9.59 Å². The van der Waals surface area contributed by atoms with Crippen LogP contribution in [0.15, 0.2) is 17.5 Å². The van der Waals surface area contributed by atoms with Gasteiger partial charge in [-0.25, -0.2) is 0 Å². The molecule has 4 heteroatoms. The Morgan fingerprint density at radius 3 is 2.94 bits per heavy atom. The van der Waals surface area contributed by atoms with Crippen molar-refractivity contribution in [3.63, 3.8) is 0 Å². The van der Waals surface area contributed by atoms with Crippen molar-refractivity contribution in [2.75, 3.05) is 6.26 Å². The molecule has 0 N–H and O–H groups in total. The van der Waals surface area contributed by atoms with E-state index in [0.717, 1.165) is 11.3 Å². The second-order valence-corrected chi connectivity index (χ2v) is 5.98. The molecule has 1 aliphatic rings. The summed E-state index contributed by atoms with van der Waals surface area (Å²) in [5.41, 5.74) is -0.801. The molecule has 0 aliphatic heterocycles. The zero-order valence-electron chi connectivity index (χ0n) is 9.36. The van der Waals surface area contributed by atoms with E-state index >= 15 is 0 Å². The Labute approximate surface area is 103 Å². The number of thiophene rings is 1. The Hall–Kier alpha value is -0.610. The number of thioether (sulfide) groups is 1. The van der Waals surface area contributed by atoms with Crippen LogP contribution in [0.1, 0.15) is 30.6 Å². The molecule has 1 aliphatic carbocycles. The Bertz CT molecular complexity index is 411. The summed E-state index contributed by atoms with van der Waals surface area (Å²) in [5, 5.41) is 2.01. The van der Waals surface area contributed by atoms with Gasteiger partial charge in [-0.1, -0.05) is 17.8 Å². The number of ketones is 1. The monoisotopic (exact) mass is 254 g/mol. The Balaban J connectivity index is 2.40. The van der Waals surface area contributed by atoms with Crippen LogP contribution in [0, 0.1) is 5.41 Å². The lowest BCUT2D eigenvalue weighted by Crippen LogP contribution is -2.34. The fourth-order valence-corrected chi connectivity index (χ4v) is 4.07. The van der Waals surface area contributed by atoms with E-state index in [1.807, 2.05) is 24.4 Å². The molecule has 2 rings (SSSR count). The summed E-state index contributed by atoms with van der Waals surface area (Å²) in [5.74, 6) is 0.185. The fraction of sp³-hybridized carbons (Fsp3) is 0.500. The van der Waals surface area contributed by atoms with Crippen molar-refractivity contribution in [3.8, 4) is 0 Å². The fourth-order valence-electron chi connectivity index (χ4n) is 2.40.